The van der Waals surface area contributed by atoms with Crippen LogP contribution in [0, 0.1) is 0 Å². The third kappa shape index (κ3) is 3.33. The van der Waals surface area contributed by atoms with Gasteiger partial charge in [0.1, 0.15) is 5.75 Å². The van der Waals surface area contributed by atoms with E-state index in [2.05, 4.69) is 0 Å². The zero-order valence-electron chi connectivity index (χ0n) is 12.1. The lowest BCUT2D eigenvalue weighted by atomic mass is 10.2. The Morgan fingerprint density at radius 3 is 2.39 bits per heavy atom. The van der Waals surface area contributed by atoms with E-state index in [9.17, 15) is 13.2 Å². The van der Waals surface area contributed by atoms with Gasteiger partial charge in [0.15, 0.2) is 0 Å². The average molecular weight is 352 g/mol. The standard InChI is InChI=1S/C16H14ClNO4S/c17-14-4-1-2-5-15(14)22-16(19)12-6-8-13(9-7-12)18-10-3-11-23(18,20)21/h1-2,4-9H,3,10-11H2. The average Bonchev–Trinajstić information content (AvgIpc) is 2.89. The first kappa shape index (κ1) is 15.8. The summed E-state index contributed by atoms with van der Waals surface area (Å²) in [4.78, 5) is 12.1. The van der Waals surface area contributed by atoms with Gasteiger partial charge in [-0.05, 0) is 42.8 Å². The lowest BCUT2D eigenvalue weighted by Crippen LogP contribution is -2.25. The fourth-order valence-corrected chi connectivity index (χ4v) is 4.12. The highest BCUT2D eigenvalue weighted by molar-refractivity contribution is 7.93. The largest absolute Gasteiger partial charge is 0.421 e. The van der Waals surface area contributed by atoms with E-state index < -0.39 is 16.0 Å². The van der Waals surface area contributed by atoms with E-state index >= 15 is 0 Å². The molecule has 2 aromatic rings. The molecule has 0 aromatic heterocycles. The molecule has 0 atom stereocenters. The van der Waals surface area contributed by atoms with Gasteiger partial charge in [0.05, 0.1) is 22.0 Å². The zero-order chi connectivity index (χ0) is 16.4. The van der Waals surface area contributed by atoms with Gasteiger partial charge in [0, 0.05) is 6.54 Å². The number of anilines is 1. The Morgan fingerprint density at radius 1 is 1.09 bits per heavy atom. The monoisotopic (exact) mass is 351 g/mol. The summed E-state index contributed by atoms with van der Waals surface area (Å²) in [5, 5.41) is 0.348. The number of ether oxygens (including phenoxy) is 1. The SMILES string of the molecule is O=C(Oc1ccccc1Cl)c1ccc(N2CCCS2(=O)=O)cc1. The number of carbonyl (C=O) groups excluding carboxylic acids is 1. The number of hydrogen-bond donors (Lipinski definition) is 0. The molecule has 23 heavy (non-hydrogen) atoms. The second-order valence-corrected chi connectivity index (χ2v) is 7.53. The molecule has 1 heterocycles. The highest BCUT2D eigenvalue weighted by Gasteiger charge is 2.28. The number of para-hydroxylation sites is 1. The van der Waals surface area contributed by atoms with Gasteiger partial charge in [-0.1, -0.05) is 23.7 Å². The summed E-state index contributed by atoms with van der Waals surface area (Å²) in [5.41, 5.74) is 0.877. The number of benzene rings is 2. The number of rotatable bonds is 3. The van der Waals surface area contributed by atoms with Crippen molar-refractivity contribution in [2.24, 2.45) is 0 Å². The summed E-state index contributed by atoms with van der Waals surface area (Å²) in [7, 11) is -3.23. The fourth-order valence-electron chi connectivity index (χ4n) is 2.38. The summed E-state index contributed by atoms with van der Waals surface area (Å²) in [6.45, 7) is 0.464. The highest BCUT2D eigenvalue weighted by Crippen LogP contribution is 2.26. The smallest absolute Gasteiger partial charge is 0.343 e. The van der Waals surface area contributed by atoms with Gasteiger partial charge < -0.3 is 4.74 Å². The summed E-state index contributed by atoms with van der Waals surface area (Å²) in [6.07, 6.45) is 0.610. The van der Waals surface area contributed by atoms with E-state index in [0.29, 0.717) is 29.2 Å². The molecule has 0 saturated carbocycles. The maximum absolute atomic E-state index is 12.1. The summed E-state index contributed by atoms with van der Waals surface area (Å²) in [6, 6.07) is 13.0. The molecule has 1 fully saturated rings. The molecule has 0 radical (unpaired) electrons. The van der Waals surface area contributed by atoms with Crippen molar-refractivity contribution in [2.75, 3.05) is 16.6 Å². The molecule has 120 valence electrons. The molecule has 1 aliphatic rings. The van der Waals surface area contributed by atoms with Crippen molar-refractivity contribution in [3.05, 3.63) is 59.1 Å². The number of hydrogen-bond acceptors (Lipinski definition) is 4. The van der Waals surface area contributed by atoms with Crippen LogP contribution in [0.1, 0.15) is 16.8 Å². The van der Waals surface area contributed by atoms with Gasteiger partial charge in [0.25, 0.3) is 0 Å². The Morgan fingerprint density at radius 2 is 1.78 bits per heavy atom. The van der Waals surface area contributed by atoms with Crippen molar-refractivity contribution >= 4 is 33.3 Å². The Kier molecular flexibility index (Phi) is 4.28. The third-order valence-corrected chi connectivity index (χ3v) is 5.71. The number of carbonyl (C=O) groups is 1. The van der Waals surface area contributed by atoms with Gasteiger partial charge >= 0.3 is 5.97 Å². The molecule has 0 amide bonds. The van der Waals surface area contributed by atoms with Crippen LogP contribution < -0.4 is 9.04 Å². The first-order chi connectivity index (χ1) is 11.0. The number of nitrogens with zero attached hydrogens (tertiary/aromatic N) is 1. The predicted molar refractivity (Wildman–Crippen MR) is 88.6 cm³/mol. The van der Waals surface area contributed by atoms with E-state index in [-0.39, 0.29) is 11.5 Å². The predicted octanol–water partition coefficient (Wildman–Crippen LogP) is 3.10. The molecule has 5 nitrogen and oxygen atoms in total. The van der Waals surface area contributed by atoms with Crippen molar-refractivity contribution in [2.45, 2.75) is 6.42 Å². The van der Waals surface area contributed by atoms with E-state index in [1.165, 1.54) is 4.31 Å². The van der Waals surface area contributed by atoms with Gasteiger partial charge in [-0.15, -0.1) is 0 Å². The van der Waals surface area contributed by atoms with E-state index in [1.54, 1.807) is 48.5 Å². The van der Waals surface area contributed by atoms with Crippen LogP contribution in [0.3, 0.4) is 0 Å². The first-order valence-corrected chi connectivity index (χ1v) is 9.03. The van der Waals surface area contributed by atoms with Crippen molar-refractivity contribution < 1.29 is 17.9 Å². The molecule has 0 bridgehead atoms. The Balaban J connectivity index is 1.77. The maximum Gasteiger partial charge on any atom is 0.343 e. The molecule has 7 heteroatoms. The normalized spacial score (nSPS) is 16.3. The molecule has 3 rings (SSSR count). The second kappa shape index (κ2) is 6.22. The minimum atomic E-state index is -3.23. The minimum Gasteiger partial charge on any atom is -0.421 e. The summed E-state index contributed by atoms with van der Waals surface area (Å²) in [5.74, 6) is -0.108. The topological polar surface area (TPSA) is 63.7 Å². The van der Waals surface area contributed by atoms with E-state index in [1.807, 2.05) is 0 Å². The fraction of sp³-hybridized carbons (Fsp3) is 0.188. The van der Waals surface area contributed by atoms with E-state index in [4.69, 9.17) is 16.3 Å². The van der Waals surface area contributed by atoms with Crippen LogP contribution in [0.25, 0.3) is 0 Å². The molecule has 0 N–H and O–H groups in total. The molecule has 0 aliphatic carbocycles. The first-order valence-electron chi connectivity index (χ1n) is 7.04. The van der Waals surface area contributed by atoms with Crippen LogP contribution in [0.5, 0.6) is 5.75 Å². The van der Waals surface area contributed by atoms with Gasteiger partial charge in [0.2, 0.25) is 10.0 Å². The lowest BCUT2D eigenvalue weighted by Gasteiger charge is -2.16. The Hall–Kier alpha value is -2.05. The maximum atomic E-state index is 12.1. The highest BCUT2D eigenvalue weighted by atomic mass is 35.5. The van der Waals surface area contributed by atoms with Crippen molar-refractivity contribution in [1.82, 2.24) is 0 Å². The van der Waals surface area contributed by atoms with Gasteiger partial charge in [-0.25, -0.2) is 13.2 Å². The van der Waals surface area contributed by atoms with Crippen LogP contribution in [-0.4, -0.2) is 26.7 Å². The second-order valence-electron chi connectivity index (χ2n) is 5.11. The quantitative estimate of drug-likeness (QED) is 0.629. The number of sulfonamides is 1. The minimum absolute atomic E-state index is 0.156. The molecule has 2 aromatic carbocycles. The van der Waals surface area contributed by atoms with Gasteiger partial charge in [-0.2, -0.15) is 0 Å². The molecule has 0 unspecified atom stereocenters. The zero-order valence-corrected chi connectivity index (χ0v) is 13.7. The van der Waals surface area contributed by atoms with Crippen molar-refractivity contribution in [1.29, 1.82) is 0 Å². The van der Waals surface area contributed by atoms with Crippen molar-refractivity contribution in [3.63, 3.8) is 0 Å². The molecular weight excluding hydrogens is 338 g/mol. The summed E-state index contributed by atoms with van der Waals surface area (Å²) >= 11 is 5.95. The van der Waals surface area contributed by atoms with Crippen LogP contribution in [-0.2, 0) is 10.0 Å². The van der Waals surface area contributed by atoms with Crippen LogP contribution in [0.2, 0.25) is 5.02 Å². The number of esters is 1. The van der Waals surface area contributed by atoms with Crippen LogP contribution >= 0.6 is 11.6 Å². The van der Waals surface area contributed by atoms with Crippen molar-refractivity contribution in [3.8, 4) is 5.75 Å². The molecule has 0 spiro atoms. The Labute approximate surface area is 139 Å². The molecule has 1 aliphatic heterocycles. The lowest BCUT2D eigenvalue weighted by molar-refractivity contribution is 0.0735. The van der Waals surface area contributed by atoms with E-state index in [0.717, 1.165) is 0 Å². The van der Waals surface area contributed by atoms with Crippen LogP contribution in [0.15, 0.2) is 48.5 Å². The number of halogens is 1. The Bertz CT molecular complexity index is 833. The molecule has 1 saturated heterocycles. The van der Waals surface area contributed by atoms with Gasteiger partial charge in [-0.3, -0.25) is 4.31 Å². The third-order valence-electron chi connectivity index (χ3n) is 3.53. The summed E-state index contributed by atoms with van der Waals surface area (Å²) < 4.78 is 30.4. The van der Waals surface area contributed by atoms with Crippen LogP contribution in [0.4, 0.5) is 5.69 Å². The molecular formula is C16H14ClNO4S.